The van der Waals surface area contributed by atoms with Crippen molar-refractivity contribution in [1.29, 1.82) is 0 Å². The van der Waals surface area contributed by atoms with Crippen LogP contribution in [0.25, 0.3) is 33.5 Å². The van der Waals surface area contributed by atoms with Gasteiger partial charge in [0.15, 0.2) is 0 Å². The lowest BCUT2D eigenvalue weighted by Crippen LogP contribution is -2.23. The summed E-state index contributed by atoms with van der Waals surface area (Å²) in [5.41, 5.74) is 7.60. The molecule has 2 aromatic heterocycles. The van der Waals surface area contributed by atoms with Gasteiger partial charge in [0.1, 0.15) is 0 Å². The van der Waals surface area contributed by atoms with Crippen LogP contribution in [0.15, 0.2) is 53.6 Å². The third-order valence-corrected chi connectivity index (χ3v) is 6.44. The molecule has 2 aromatic carbocycles. The molecule has 1 saturated heterocycles. The lowest BCUT2D eigenvalue weighted by atomic mass is 10.0. The first-order valence-electron chi connectivity index (χ1n) is 11.2. The molecular weight excluding hydrogens is 386 g/mol. The monoisotopic (exact) mass is 415 g/mol. The highest BCUT2D eigenvalue weighted by Gasteiger charge is 2.24. The van der Waals surface area contributed by atoms with Gasteiger partial charge in [-0.15, -0.1) is 0 Å². The van der Waals surface area contributed by atoms with Crippen LogP contribution in [0.2, 0.25) is 0 Å². The highest BCUT2D eigenvalue weighted by atomic mass is 16.1. The van der Waals surface area contributed by atoms with E-state index in [1.54, 1.807) is 0 Å². The molecule has 1 atom stereocenters. The summed E-state index contributed by atoms with van der Waals surface area (Å²) in [6, 6.07) is 15.3. The van der Waals surface area contributed by atoms with E-state index in [2.05, 4.69) is 59.3 Å². The van der Waals surface area contributed by atoms with Crippen molar-refractivity contribution >= 4 is 11.0 Å². The van der Waals surface area contributed by atoms with E-state index in [1.807, 2.05) is 29.3 Å². The fourth-order valence-electron chi connectivity index (χ4n) is 4.88. The van der Waals surface area contributed by atoms with Gasteiger partial charge in [-0.2, -0.15) is 0 Å². The van der Waals surface area contributed by atoms with Gasteiger partial charge in [-0.3, -0.25) is 9.13 Å². The number of nitrogens with one attached hydrogen (secondary N) is 1. The first kappa shape index (κ1) is 19.8. The fourth-order valence-corrected chi connectivity index (χ4v) is 4.88. The SMILES string of the molecule is CCn1c(=O)n(CC)c2cc(-c3c(-c4cccc(C)c4)ncn3[C@H]3CCNC3)ccc21. The van der Waals surface area contributed by atoms with E-state index < -0.39 is 0 Å². The molecule has 0 aliphatic carbocycles. The number of rotatable bonds is 5. The predicted octanol–water partition coefficient (Wildman–Crippen LogP) is 4.22. The van der Waals surface area contributed by atoms with Crippen molar-refractivity contribution in [2.75, 3.05) is 13.1 Å². The maximum Gasteiger partial charge on any atom is 0.329 e. The maximum absolute atomic E-state index is 12.9. The van der Waals surface area contributed by atoms with Gasteiger partial charge in [0.25, 0.3) is 0 Å². The van der Waals surface area contributed by atoms with Crippen molar-refractivity contribution in [3.63, 3.8) is 0 Å². The topological polar surface area (TPSA) is 56.8 Å². The number of hydrogen-bond donors (Lipinski definition) is 1. The summed E-state index contributed by atoms with van der Waals surface area (Å²) < 4.78 is 6.04. The highest BCUT2D eigenvalue weighted by Crippen LogP contribution is 2.36. The molecule has 31 heavy (non-hydrogen) atoms. The lowest BCUT2D eigenvalue weighted by Gasteiger charge is -2.16. The molecule has 0 bridgehead atoms. The van der Waals surface area contributed by atoms with Crippen molar-refractivity contribution in [2.45, 2.75) is 46.3 Å². The van der Waals surface area contributed by atoms with Crippen molar-refractivity contribution in [3.8, 4) is 22.5 Å². The zero-order valence-corrected chi connectivity index (χ0v) is 18.4. The second-order valence-corrected chi connectivity index (χ2v) is 8.34. The Hall–Kier alpha value is -3.12. The number of nitrogens with zero attached hydrogens (tertiary/aromatic N) is 4. The molecule has 6 heteroatoms. The van der Waals surface area contributed by atoms with E-state index in [-0.39, 0.29) is 5.69 Å². The molecule has 1 N–H and O–H groups in total. The smallest absolute Gasteiger partial charge is 0.326 e. The van der Waals surface area contributed by atoms with E-state index in [9.17, 15) is 4.79 Å². The van der Waals surface area contributed by atoms with Gasteiger partial charge >= 0.3 is 5.69 Å². The van der Waals surface area contributed by atoms with E-state index in [0.717, 1.165) is 53.1 Å². The number of hydrogen-bond acceptors (Lipinski definition) is 3. The number of imidazole rings is 2. The molecule has 0 amide bonds. The summed E-state index contributed by atoms with van der Waals surface area (Å²) in [6.45, 7) is 9.46. The summed E-state index contributed by atoms with van der Waals surface area (Å²) in [7, 11) is 0. The molecule has 4 aromatic rings. The molecule has 0 unspecified atom stereocenters. The Morgan fingerprint density at radius 3 is 2.55 bits per heavy atom. The first-order valence-corrected chi connectivity index (χ1v) is 11.2. The van der Waals surface area contributed by atoms with Gasteiger partial charge in [0, 0.05) is 36.8 Å². The third kappa shape index (κ3) is 3.22. The Bertz CT molecular complexity index is 1300. The minimum absolute atomic E-state index is 0.0598. The zero-order chi connectivity index (χ0) is 21.5. The van der Waals surface area contributed by atoms with Crippen molar-refractivity contribution in [2.24, 2.45) is 0 Å². The summed E-state index contributed by atoms with van der Waals surface area (Å²) in [4.78, 5) is 17.7. The maximum atomic E-state index is 12.9. The second kappa shape index (κ2) is 7.85. The van der Waals surface area contributed by atoms with Crippen LogP contribution in [0.1, 0.15) is 31.9 Å². The normalized spacial score (nSPS) is 16.4. The van der Waals surface area contributed by atoms with Crippen molar-refractivity contribution in [1.82, 2.24) is 24.0 Å². The number of fused-ring (bicyclic) bond motifs is 1. The van der Waals surface area contributed by atoms with Crippen LogP contribution < -0.4 is 11.0 Å². The molecule has 0 saturated carbocycles. The molecule has 160 valence electrons. The van der Waals surface area contributed by atoms with E-state index in [4.69, 9.17) is 4.98 Å². The molecule has 0 radical (unpaired) electrons. The molecule has 3 heterocycles. The van der Waals surface area contributed by atoms with E-state index in [1.165, 1.54) is 5.56 Å². The summed E-state index contributed by atoms with van der Waals surface area (Å²) in [5.74, 6) is 0. The van der Waals surface area contributed by atoms with Crippen LogP contribution in [0.5, 0.6) is 0 Å². The van der Waals surface area contributed by atoms with E-state index >= 15 is 0 Å². The van der Waals surface area contributed by atoms with Gasteiger partial charge < -0.3 is 9.88 Å². The van der Waals surface area contributed by atoms with E-state index in [0.29, 0.717) is 19.1 Å². The molecule has 1 fully saturated rings. The minimum atomic E-state index is 0.0598. The average molecular weight is 416 g/mol. The van der Waals surface area contributed by atoms with Crippen molar-refractivity contribution in [3.05, 3.63) is 64.8 Å². The van der Waals surface area contributed by atoms with Crippen LogP contribution in [-0.2, 0) is 13.1 Å². The van der Waals surface area contributed by atoms with Gasteiger partial charge in [0.05, 0.1) is 28.7 Å². The molecule has 1 aliphatic heterocycles. The number of aromatic nitrogens is 4. The molecular formula is C25H29N5O. The number of aryl methyl sites for hydroxylation is 3. The Labute approximate surface area is 182 Å². The van der Waals surface area contributed by atoms with Crippen LogP contribution in [0, 0.1) is 6.92 Å². The lowest BCUT2D eigenvalue weighted by molar-refractivity contribution is 0.551. The molecule has 5 rings (SSSR count). The Morgan fingerprint density at radius 2 is 1.84 bits per heavy atom. The van der Waals surface area contributed by atoms with Gasteiger partial charge in [0.2, 0.25) is 0 Å². The molecule has 1 aliphatic rings. The highest BCUT2D eigenvalue weighted by molar-refractivity contribution is 5.86. The molecule has 6 nitrogen and oxygen atoms in total. The third-order valence-electron chi connectivity index (χ3n) is 6.44. The summed E-state index contributed by atoms with van der Waals surface area (Å²) >= 11 is 0. The van der Waals surface area contributed by atoms with Gasteiger partial charge in [-0.05, 0) is 51.9 Å². The van der Waals surface area contributed by atoms with Crippen LogP contribution >= 0.6 is 0 Å². The second-order valence-electron chi connectivity index (χ2n) is 8.34. The Kier molecular flexibility index (Phi) is 5.02. The summed E-state index contributed by atoms with van der Waals surface area (Å²) in [6.07, 6.45) is 3.07. The van der Waals surface area contributed by atoms with Crippen molar-refractivity contribution < 1.29 is 0 Å². The van der Waals surface area contributed by atoms with Crippen LogP contribution in [0.4, 0.5) is 0 Å². The predicted molar refractivity (Wildman–Crippen MR) is 125 cm³/mol. The minimum Gasteiger partial charge on any atom is -0.326 e. The fraction of sp³-hybridized carbons (Fsp3) is 0.360. The first-order chi connectivity index (χ1) is 15.1. The van der Waals surface area contributed by atoms with Crippen LogP contribution in [0.3, 0.4) is 0 Å². The van der Waals surface area contributed by atoms with Gasteiger partial charge in [-0.25, -0.2) is 9.78 Å². The largest absolute Gasteiger partial charge is 0.329 e. The van der Waals surface area contributed by atoms with Crippen LogP contribution in [-0.4, -0.2) is 31.8 Å². The molecule has 0 spiro atoms. The number of benzene rings is 2. The Balaban J connectivity index is 1.76. The average Bonchev–Trinajstić information content (AvgIpc) is 3.50. The van der Waals surface area contributed by atoms with Gasteiger partial charge in [-0.1, -0.05) is 29.8 Å². The quantitative estimate of drug-likeness (QED) is 0.531. The summed E-state index contributed by atoms with van der Waals surface area (Å²) in [5, 5.41) is 3.48. The Morgan fingerprint density at radius 1 is 1.03 bits per heavy atom. The standard InChI is InChI=1S/C25H29N5O/c1-4-28-21-10-9-19(14-22(21)29(5-2)25(28)31)24-23(18-8-6-7-17(3)13-18)27-16-30(24)20-11-12-26-15-20/h6-10,13-14,16,20,26H,4-5,11-12,15H2,1-3H3/t20-/m0/s1. The zero-order valence-electron chi connectivity index (χ0n) is 18.4.